The van der Waals surface area contributed by atoms with E-state index in [0.717, 1.165) is 21.3 Å². The Hall–Kier alpha value is -1.81. The Morgan fingerprint density at radius 1 is 1.14 bits per heavy atom. The molecule has 110 valence electrons. The molecule has 0 radical (unpaired) electrons. The van der Waals surface area contributed by atoms with Gasteiger partial charge in [0, 0.05) is 10.2 Å². The number of aryl methyl sites for hydroxylation is 2. The second kappa shape index (κ2) is 5.90. The molecule has 2 aromatic carbocycles. The van der Waals surface area contributed by atoms with Crippen molar-refractivity contribution in [2.75, 3.05) is 5.32 Å². The van der Waals surface area contributed by atoms with Crippen LogP contribution in [0.15, 0.2) is 46.9 Å². The number of benzene rings is 2. The smallest absolute Gasteiger partial charge is 0.247 e. The van der Waals surface area contributed by atoms with Crippen LogP contribution in [0.2, 0.25) is 0 Å². The summed E-state index contributed by atoms with van der Waals surface area (Å²) >= 11 is 3.48. The van der Waals surface area contributed by atoms with Crippen molar-refractivity contribution in [2.24, 2.45) is 5.73 Å². The van der Waals surface area contributed by atoms with Gasteiger partial charge in [0.05, 0.1) is 0 Å². The van der Waals surface area contributed by atoms with Gasteiger partial charge in [0.15, 0.2) is 0 Å². The number of para-hydroxylation sites is 1. The first-order chi connectivity index (χ1) is 9.84. The number of anilines is 1. The molecule has 1 atom stereocenters. The lowest BCUT2D eigenvalue weighted by atomic mass is 9.88. The highest BCUT2D eigenvalue weighted by Crippen LogP contribution is 2.31. The van der Waals surface area contributed by atoms with E-state index < -0.39 is 11.4 Å². The SMILES string of the molecule is Cc1ccc(C(C)(Nc2ccccc2Br)C(N)=O)cc1C. The molecule has 3 nitrogen and oxygen atoms in total. The molecule has 0 aliphatic carbocycles. The lowest BCUT2D eigenvalue weighted by Gasteiger charge is -2.30. The van der Waals surface area contributed by atoms with Crippen molar-refractivity contribution in [3.05, 3.63) is 63.6 Å². The van der Waals surface area contributed by atoms with Crippen molar-refractivity contribution in [1.82, 2.24) is 0 Å². The number of halogens is 1. The van der Waals surface area contributed by atoms with Crippen molar-refractivity contribution in [2.45, 2.75) is 26.3 Å². The molecule has 0 saturated carbocycles. The molecule has 0 heterocycles. The van der Waals surface area contributed by atoms with Crippen LogP contribution in [0.4, 0.5) is 5.69 Å². The molecule has 1 amide bonds. The van der Waals surface area contributed by atoms with Crippen LogP contribution in [0.25, 0.3) is 0 Å². The summed E-state index contributed by atoms with van der Waals surface area (Å²) in [5, 5.41) is 3.26. The molecule has 0 bridgehead atoms. The maximum Gasteiger partial charge on any atom is 0.247 e. The molecule has 21 heavy (non-hydrogen) atoms. The van der Waals surface area contributed by atoms with E-state index in [1.807, 2.05) is 56.3 Å². The van der Waals surface area contributed by atoms with E-state index in [4.69, 9.17) is 5.73 Å². The summed E-state index contributed by atoms with van der Waals surface area (Å²) < 4.78 is 0.890. The first kappa shape index (κ1) is 15.6. The highest BCUT2D eigenvalue weighted by molar-refractivity contribution is 9.10. The number of nitrogens with two attached hydrogens (primary N) is 1. The van der Waals surface area contributed by atoms with Crippen LogP contribution in [0.1, 0.15) is 23.6 Å². The van der Waals surface area contributed by atoms with Gasteiger partial charge < -0.3 is 11.1 Å². The lowest BCUT2D eigenvalue weighted by molar-refractivity contribution is -0.122. The molecule has 3 N–H and O–H groups in total. The highest BCUT2D eigenvalue weighted by atomic mass is 79.9. The molecular formula is C17H19BrN2O. The molecule has 0 aliphatic heterocycles. The monoisotopic (exact) mass is 346 g/mol. The van der Waals surface area contributed by atoms with Gasteiger partial charge in [-0.1, -0.05) is 30.3 Å². The molecule has 0 fully saturated rings. The predicted molar refractivity (Wildman–Crippen MR) is 90.2 cm³/mol. The van der Waals surface area contributed by atoms with Gasteiger partial charge in [0.25, 0.3) is 0 Å². The van der Waals surface area contributed by atoms with Crippen molar-refractivity contribution in [1.29, 1.82) is 0 Å². The van der Waals surface area contributed by atoms with E-state index in [-0.39, 0.29) is 0 Å². The average molecular weight is 347 g/mol. The van der Waals surface area contributed by atoms with Gasteiger partial charge in [-0.3, -0.25) is 4.79 Å². The van der Waals surface area contributed by atoms with Crippen LogP contribution in [-0.2, 0) is 10.3 Å². The van der Waals surface area contributed by atoms with Crippen LogP contribution in [0, 0.1) is 13.8 Å². The van der Waals surface area contributed by atoms with Crippen molar-refractivity contribution in [3.8, 4) is 0 Å². The maximum atomic E-state index is 12.1. The Morgan fingerprint density at radius 3 is 2.38 bits per heavy atom. The summed E-state index contributed by atoms with van der Waals surface area (Å²) in [6.45, 7) is 5.87. The summed E-state index contributed by atoms with van der Waals surface area (Å²) in [6.07, 6.45) is 0. The van der Waals surface area contributed by atoms with E-state index in [1.54, 1.807) is 6.92 Å². The third-order valence-electron chi connectivity index (χ3n) is 3.84. The fraction of sp³-hybridized carbons (Fsp3) is 0.235. The molecule has 0 saturated heterocycles. The van der Waals surface area contributed by atoms with Gasteiger partial charge in [-0.2, -0.15) is 0 Å². The summed E-state index contributed by atoms with van der Waals surface area (Å²) in [4.78, 5) is 12.1. The number of primary amides is 1. The molecule has 2 rings (SSSR count). The molecule has 0 spiro atoms. The zero-order valence-corrected chi connectivity index (χ0v) is 14.0. The van der Waals surface area contributed by atoms with Crippen LogP contribution >= 0.6 is 15.9 Å². The quantitative estimate of drug-likeness (QED) is 0.882. The van der Waals surface area contributed by atoms with Gasteiger partial charge in [0.1, 0.15) is 5.54 Å². The second-order valence-corrected chi connectivity index (χ2v) is 6.25. The minimum absolute atomic E-state index is 0.415. The fourth-order valence-electron chi connectivity index (χ4n) is 2.16. The summed E-state index contributed by atoms with van der Waals surface area (Å²) in [7, 11) is 0. The Kier molecular flexibility index (Phi) is 4.37. The predicted octanol–water partition coefficient (Wildman–Crippen LogP) is 3.88. The number of carbonyl (C=O) groups excluding carboxylic acids is 1. The first-order valence-electron chi connectivity index (χ1n) is 6.75. The molecule has 4 heteroatoms. The molecule has 1 unspecified atom stereocenters. The number of nitrogens with one attached hydrogen (secondary N) is 1. The normalized spacial score (nSPS) is 13.5. The average Bonchev–Trinajstić information content (AvgIpc) is 2.44. The fourth-order valence-corrected chi connectivity index (χ4v) is 2.54. The van der Waals surface area contributed by atoms with Gasteiger partial charge in [-0.25, -0.2) is 0 Å². The summed E-state index contributed by atoms with van der Waals surface area (Å²) in [6, 6.07) is 13.6. The van der Waals surface area contributed by atoms with Gasteiger partial charge in [-0.05, 0) is 65.5 Å². The number of hydrogen-bond acceptors (Lipinski definition) is 2. The maximum absolute atomic E-state index is 12.1. The molecule has 0 aliphatic rings. The zero-order valence-electron chi connectivity index (χ0n) is 12.4. The number of hydrogen-bond donors (Lipinski definition) is 2. The zero-order chi connectivity index (χ0) is 15.6. The standard InChI is InChI=1S/C17H19BrN2O/c1-11-8-9-13(10-12(11)2)17(3,16(19)21)20-15-7-5-4-6-14(15)18/h4-10,20H,1-3H3,(H2,19,21). The minimum Gasteiger partial charge on any atom is -0.367 e. The van der Waals surface area contributed by atoms with Crippen LogP contribution < -0.4 is 11.1 Å². The Bertz CT molecular complexity index is 684. The van der Waals surface area contributed by atoms with E-state index in [1.165, 1.54) is 5.56 Å². The Labute approximate surface area is 133 Å². The van der Waals surface area contributed by atoms with Crippen molar-refractivity contribution >= 4 is 27.5 Å². The number of carbonyl (C=O) groups is 1. The minimum atomic E-state index is -0.970. The van der Waals surface area contributed by atoms with E-state index in [0.29, 0.717) is 0 Å². The largest absolute Gasteiger partial charge is 0.367 e. The molecular weight excluding hydrogens is 328 g/mol. The van der Waals surface area contributed by atoms with E-state index in [9.17, 15) is 4.79 Å². The van der Waals surface area contributed by atoms with Gasteiger partial charge >= 0.3 is 0 Å². The number of rotatable bonds is 4. The number of amides is 1. The Morgan fingerprint density at radius 2 is 1.81 bits per heavy atom. The van der Waals surface area contributed by atoms with Crippen LogP contribution in [0.3, 0.4) is 0 Å². The second-order valence-electron chi connectivity index (χ2n) is 5.39. The summed E-state index contributed by atoms with van der Waals surface area (Å²) in [5.41, 5.74) is 8.71. The molecule has 2 aromatic rings. The third kappa shape index (κ3) is 3.10. The van der Waals surface area contributed by atoms with Crippen LogP contribution in [0.5, 0.6) is 0 Å². The molecule has 0 aromatic heterocycles. The van der Waals surface area contributed by atoms with Crippen LogP contribution in [-0.4, -0.2) is 5.91 Å². The van der Waals surface area contributed by atoms with Gasteiger partial charge in [-0.15, -0.1) is 0 Å². The summed E-state index contributed by atoms with van der Waals surface area (Å²) in [5.74, 6) is -0.415. The van der Waals surface area contributed by atoms with Crippen molar-refractivity contribution in [3.63, 3.8) is 0 Å². The highest BCUT2D eigenvalue weighted by Gasteiger charge is 2.33. The van der Waals surface area contributed by atoms with Gasteiger partial charge in [0.2, 0.25) is 5.91 Å². The first-order valence-corrected chi connectivity index (χ1v) is 7.54. The van der Waals surface area contributed by atoms with E-state index >= 15 is 0 Å². The topological polar surface area (TPSA) is 55.1 Å². The third-order valence-corrected chi connectivity index (χ3v) is 4.53. The lowest BCUT2D eigenvalue weighted by Crippen LogP contribution is -2.45. The van der Waals surface area contributed by atoms with Crippen molar-refractivity contribution < 1.29 is 4.79 Å². The Balaban J connectivity index is 2.48. The van der Waals surface area contributed by atoms with E-state index in [2.05, 4.69) is 21.2 Å².